The number of benzene rings is 1. The van der Waals surface area contributed by atoms with Gasteiger partial charge in [0.25, 0.3) is 5.56 Å². The van der Waals surface area contributed by atoms with Crippen LogP contribution in [0.15, 0.2) is 29.1 Å². The quantitative estimate of drug-likeness (QED) is 0.870. The van der Waals surface area contributed by atoms with E-state index in [-0.39, 0.29) is 17.4 Å². The van der Waals surface area contributed by atoms with E-state index in [2.05, 4.69) is 9.97 Å². The summed E-state index contributed by atoms with van der Waals surface area (Å²) in [7, 11) is 0. The van der Waals surface area contributed by atoms with E-state index in [1.54, 1.807) is 25.1 Å². The van der Waals surface area contributed by atoms with Crippen LogP contribution in [0.4, 0.5) is 0 Å². The van der Waals surface area contributed by atoms with Gasteiger partial charge < -0.3 is 9.72 Å². The summed E-state index contributed by atoms with van der Waals surface area (Å²) in [5.74, 6) is 0.213. The largest absolute Gasteiger partial charge is 0.454 e. The lowest BCUT2D eigenvalue weighted by molar-refractivity contribution is -0.156. The summed E-state index contributed by atoms with van der Waals surface area (Å²) in [4.78, 5) is 30.8. The van der Waals surface area contributed by atoms with Gasteiger partial charge in [0.15, 0.2) is 11.9 Å². The summed E-state index contributed by atoms with van der Waals surface area (Å²) < 4.78 is 5.37. The fourth-order valence-electron chi connectivity index (χ4n) is 2.27. The van der Waals surface area contributed by atoms with E-state index in [1.165, 1.54) is 0 Å². The van der Waals surface area contributed by atoms with Gasteiger partial charge in [0, 0.05) is 0 Å². The Kier molecular flexibility index (Phi) is 3.26. The molecule has 1 N–H and O–H groups in total. The maximum atomic E-state index is 12.0. The molecule has 0 aliphatic heterocycles. The van der Waals surface area contributed by atoms with Crippen LogP contribution in [0.25, 0.3) is 10.9 Å². The Morgan fingerprint density at radius 2 is 2.15 bits per heavy atom. The molecule has 1 aliphatic carbocycles. The highest BCUT2D eigenvalue weighted by Gasteiger charge is 2.28. The maximum Gasteiger partial charge on any atom is 0.309 e. The van der Waals surface area contributed by atoms with E-state index in [0.29, 0.717) is 16.7 Å². The first-order chi connectivity index (χ1) is 9.65. The summed E-state index contributed by atoms with van der Waals surface area (Å²) in [5, 5.41) is 0.536. The van der Waals surface area contributed by atoms with Gasteiger partial charge >= 0.3 is 5.97 Å². The molecule has 1 heterocycles. The number of fused-ring (bicyclic) bond motifs is 1. The Morgan fingerprint density at radius 1 is 1.40 bits per heavy atom. The number of nitrogens with one attached hydrogen (secondary N) is 1. The number of hydrogen-bond acceptors (Lipinski definition) is 4. The second-order valence-electron chi connectivity index (χ2n) is 5.18. The van der Waals surface area contributed by atoms with Crippen molar-refractivity contribution in [2.24, 2.45) is 5.92 Å². The Bertz CT molecular complexity index is 704. The monoisotopic (exact) mass is 272 g/mol. The zero-order valence-electron chi connectivity index (χ0n) is 11.3. The van der Waals surface area contributed by atoms with Crippen LogP contribution in [-0.2, 0) is 9.53 Å². The second-order valence-corrected chi connectivity index (χ2v) is 5.18. The van der Waals surface area contributed by atoms with Gasteiger partial charge in [-0.25, -0.2) is 4.98 Å². The van der Waals surface area contributed by atoms with E-state index in [1.807, 2.05) is 6.07 Å². The highest BCUT2D eigenvalue weighted by molar-refractivity contribution is 5.77. The smallest absolute Gasteiger partial charge is 0.309 e. The molecule has 2 aromatic rings. The molecule has 20 heavy (non-hydrogen) atoms. The number of H-pyrrole nitrogens is 1. The van der Waals surface area contributed by atoms with Crippen LogP contribution in [-0.4, -0.2) is 15.9 Å². The lowest BCUT2D eigenvalue weighted by Crippen LogP contribution is -2.26. The predicted octanol–water partition coefficient (Wildman–Crippen LogP) is 2.33. The highest BCUT2D eigenvalue weighted by Crippen LogP contribution is 2.29. The number of nitrogens with zero attached hydrogens (tertiary/aromatic N) is 1. The van der Waals surface area contributed by atoms with Crippen LogP contribution in [0, 0.1) is 5.92 Å². The van der Waals surface area contributed by atoms with Crippen LogP contribution in [0.3, 0.4) is 0 Å². The van der Waals surface area contributed by atoms with E-state index in [4.69, 9.17) is 4.74 Å². The molecule has 1 aromatic carbocycles. The van der Waals surface area contributed by atoms with Crippen molar-refractivity contribution in [1.29, 1.82) is 0 Å². The van der Waals surface area contributed by atoms with Crippen molar-refractivity contribution in [2.45, 2.75) is 32.3 Å². The predicted molar refractivity (Wildman–Crippen MR) is 74.2 cm³/mol. The fraction of sp³-hybridized carbons (Fsp3) is 0.400. The van der Waals surface area contributed by atoms with Crippen molar-refractivity contribution in [2.75, 3.05) is 0 Å². The molecule has 0 saturated heterocycles. The molecule has 0 unspecified atom stereocenters. The van der Waals surface area contributed by atoms with E-state index >= 15 is 0 Å². The van der Waals surface area contributed by atoms with Gasteiger partial charge in [-0.05, 0) is 31.9 Å². The zero-order valence-corrected chi connectivity index (χ0v) is 11.3. The molecule has 5 nitrogen and oxygen atoms in total. The lowest BCUT2D eigenvalue weighted by atomic mass is 9.86. The van der Waals surface area contributed by atoms with Gasteiger partial charge in [-0.2, -0.15) is 0 Å². The molecular formula is C15H16N2O3. The normalized spacial score (nSPS) is 16.6. The molecule has 1 atom stereocenters. The molecule has 1 aliphatic rings. The lowest BCUT2D eigenvalue weighted by Gasteiger charge is -2.24. The molecule has 0 bridgehead atoms. The first-order valence-corrected chi connectivity index (χ1v) is 6.84. The standard InChI is InChI=1S/C15H16N2O3/c1-9(20-15(19)10-5-4-6-10)13-16-12-8-3-2-7-11(12)14(18)17-13/h2-3,7-10H,4-6H2,1H3,(H,16,17,18)/t9-/m1/s1. The molecule has 1 aromatic heterocycles. The SMILES string of the molecule is C[C@@H](OC(=O)C1CCC1)c1nc2ccccc2c(=O)[nH]1. The van der Waals surface area contributed by atoms with E-state index in [9.17, 15) is 9.59 Å². The van der Waals surface area contributed by atoms with Crippen LogP contribution in [0.1, 0.15) is 38.1 Å². The van der Waals surface area contributed by atoms with Crippen LogP contribution >= 0.6 is 0 Å². The molecule has 0 amide bonds. The van der Waals surface area contributed by atoms with Crippen LogP contribution in [0.2, 0.25) is 0 Å². The van der Waals surface area contributed by atoms with Crippen molar-refractivity contribution >= 4 is 16.9 Å². The average Bonchev–Trinajstić information content (AvgIpc) is 2.36. The third-order valence-electron chi connectivity index (χ3n) is 3.75. The fourth-order valence-corrected chi connectivity index (χ4v) is 2.27. The number of aromatic amines is 1. The minimum Gasteiger partial charge on any atom is -0.454 e. The molecule has 1 saturated carbocycles. The molecule has 0 spiro atoms. The van der Waals surface area contributed by atoms with Gasteiger partial charge in [-0.15, -0.1) is 0 Å². The number of carbonyl (C=O) groups is 1. The maximum absolute atomic E-state index is 12.0. The summed E-state index contributed by atoms with van der Waals surface area (Å²) >= 11 is 0. The van der Waals surface area contributed by atoms with Gasteiger partial charge in [0.2, 0.25) is 0 Å². The average molecular weight is 272 g/mol. The van der Waals surface area contributed by atoms with Gasteiger partial charge in [0.1, 0.15) is 0 Å². The number of esters is 1. The number of hydrogen-bond donors (Lipinski definition) is 1. The minimum absolute atomic E-state index is 0.0182. The van der Waals surface area contributed by atoms with Crippen molar-refractivity contribution in [3.05, 3.63) is 40.4 Å². The number of rotatable bonds is 3. The summed E-state index contributed by atoms with van der Waals surface area (Å²) in [6.45, 7) is 1.73. The number of carbonyl (C=O) groups excluding carboxylic acids is 1. The second kappa shape index (κ2) is 5.07. The molecule has 0 radical (unpaired) electrons. The van der Waals surface area contributed by atoms with Crippen molar-refractivity contribution in [1.82, 2.24) is 9.97 Å². The summed E-state index contributed by atoms with van der Waals surface area (Å²) in [6, 6.07) is 7.10. The number of ether oxygens (including phenoxy) is 1. The number of aromatic nitrogens is 2. The Hall–Kier alpha value is -2.17. The molecule has 1 fully saturated rings. The third kappa shape index (κ3) is 2.31. The molecule has 104 valence electrons. The van der Waals surface area contributed by atoms with Gasteiger partial charge in [-0.3, -0.25) is 9.59 Å². The first kappa shape index (κ1) is 12.8. The summed E-state index contributed by atoms with van der Waals surface area (Å²) in [6.07, 6.45) is 2.33. The molecule has 5 heteroatoms. The first-order valence-electron chi connectivity index (χ1n) is 6.84. The summed E-state index contributed by atoms with van der Waals surface area (Å²) in [5.41, 5.74) is 0.398. The Labute approximate surface area is 116 Å². The van der Waals surface area contributed by atoms with Crippen LogP contribution < -0.4 is 5.56 Å². The number of para-hydroxylation sites is 1. The van der Waals surface area contributed by atoms with Crippen LogP contribution in [0.5, 0.6) is 0 Å². The van der Waals surface area contributed by atoms with E-state index < -0.39 is 6.10 Å². The minimum atomic E-state index is -0.541. The Morgan fingerprint density at radius 3 is 2.85 bits per heavy atom. The van der Waals surface area contributed by atoms with Crippen molar-refractivity contribution in [3.63, 3.8) is 0 Å². The van der Waals surface area contributed by atoms with Gasteiger partial charge in [-0.1, -0.05) is 18.6 Å². The third-order valence-corrected chi connectivity index (χ3v) is 3.75. The van der Waals surface area contributed by atoms with Gasteiger partial charge in [0.05, 0.1) is 16.8 Å². The van der Waals surface area contributed by atoms with E-state index in [0.717, 1.165) is 19.3 Å². The zero-order chi connectivity index (χ0) is 14.1. The van der Waals surface area contributed by atoms with Crippen molar-refractivity contribution < 1.29 is 9.53 Å². The molecular weight excluding hydrogens is 256 g/mol. The highest BCUT2D eigenvalue weighted by atomic mass is 16.5. The topological polar surface area (TPSA) is 72.0 Å². The Balaban J connectivity index is 1.85. The van der Waals surface area contributed by atoms with Crippen molar-refractivity contribution in [3.8, 4) is 0 Å². The molecule has 3 rings (SSSR count).